The Morgan fingerprint density at radius 3 is 2.85 bits per heavy atom. The zero-order valence-corrected chi connectivity index (χ0v) is 12.4. The molecule has 3 rings (SSSR count). The molecule has 1 aliphatic heterocycles. The fourth-order valence-electron chi connectivity index (χ4n) is 2.89. The third-order valence-electron chi connectivity index (χ3n) is 4.11. The molecule has 0 radical (unpaired) electrons. The molecule has 2 heterocycles. The Balaban J connectivity index is 1.91. The van der Waals surface area contributed by atoms with Crippen molar-refractivity contribution in [2.75, 3.05) is 6.54 Å². The number of aryl methyl sites for hydroxylation is 1. The lowest BCUT2D eigenvalue weighted by Crippen LogP contribution is -2.37. The quantitative estimate of drug-likeness (QED) is 0.931. The Bertz CT molecular complexity index is 600. The molecular weight excluding hydrogens is 248 g/mol. The first-order valence-electron chi connectivity index (χ1n) is 7.36. The smallest absolute Gasteiger partial charge is 0.150 e. The van der Waals surface area contributed by atoms with Crippen LogP contribution in [0.1, 0.15) is 42.7 Å². The molecule has 20 heavy (non-hydrogen) atoms. The Kier molecular flexibility index (Phi) is 3.57. The Hall–Kier alpha value is -1.68. The lowest BCUT2D eigenvalue weighted by Gasteiger charge is -2.27. The summed E-state index contributed by atoms with van der Waals surface area (Å²) in [6.45, 7) is 8.56. The Morgan fingerprint density at radius 1 is 1.30 bits per heavy atom. The molecule has 106 valence electrons. The molecule has 0 saturated heterocycles. The summed E-state index contributed by atoms with van der Waals surface area (Å²) in [7, 11) is 0. The third kappa shape index (κ3) is 2.36. The van der Waals surface area contributed by atoms with Crippen molar-refractivity contribution < 1.29 is 0 Å². The standard InChI is InChI=1S/C16H22N4/c1-11(2)15-16-19-18-14(20(16)9-8-17-15)10-13-7-5-4-6-12(13)3/h4-7,11,15,17H,8-10H2,1-3H3. The summed E-state index contributed by atoms with van der Waals surface area (Å²) in [5.74, 6) is 2.71. The summed E-state index contributed by atoms with van der Waals surface area (Å²) >= 11 is 0. The maximum Gasteiger partial charge on any atom is 0.150 e. The van der Waals surface area contributed by atoms with Crippen LogP contribution in [0.2, 0.25) is 0 Å². The number of fused-ring (bicyclic) bond motifs is 1. The molecule has 1 N–H and O–H groups in total. The van der Waals surface area contributed by atoms with Crippen molar-refractivity contribution in [3.63, 3.8) is 0 Å². The maximum absolute atomic E-state index is 4.44. The van der Waals surface area contributed by atoms with Crippen LogP contribution in [0.15, 0.2) is 24.3 Å². The van der Waals surface area contributed by atoms with Crippen molar-refractivity contribution in [2.45, 2.75) is 39.8 Å². The van der Waals surface area contributed by atoms with Gasteiger partial charge in [-0.1, -0.05) is 38.1 Å². The molecular formula is C16H22N4. The van der Waals surface area contributed by atoms with E-state index < -0.39 is 0 Å². The predicted octanol–water partition coefficient (Wildman–Crippen LogP) is 2.48. The van der Waals surface area contributed by atoms with Gasteiger partial charge in [0.25, 0.3) is 0 Å². The zero-order chi connectivity index (χ0) is 14.1. The van der Waals surface area contributed by atoms with Crippen LogP contribution in [0.25, 0.3) is 0 Å². The molecule has 1 atom stereocenters. The van der Waals surface area contributed by atoms with Crippen LogP contribution >= 0.6 is 0 Å². The highest BCUT2D eigenvalue weighted by molar-refractivity contribution is 5.28. The summed E-state index contributed by atoms with van der Waals surface area (Å²) < 4.78 is 2.30. The fourth-order valence-corrected chi connectivity index (χ4v) is 2.89. The first-order valence-corrected chi connectivity index (χ1v) is 7.36. The second-order valence-corrected chi connectivity index (χ2v) is 5.91. The topological polar surface area (TPSA) is 42.7 Å². The number of hydrogen-bond acceptors (Lipinski definition) is 3. The van der Waals surface area contributed by atoms with E-state index >= 15 is 0 Å². The summed E-state index contributed by atoms with van der Waals surface area (Å²) in [5, 5.41) is 12.4. The average molecular weight is 270 g/mol. The van der Waals surface area contributed by atoms with Crippen LogP contribution < -0.4 is 5.32 Å². The van der Waals surface area contributed by atoms with Gasteiger partial charge in [0.1, 0.15) is 5.82 Å². The van der Waals surface area contributed by atoms with Gasteiger partial charge in [-0.3, -0.25) is 0 Å². The maximum atomic E-state index is 4.44. The van der Waals surface area contributed by atoms with E-state index in [-0.39, 0.29) is 0 Å². The van der Waals surface area contributed by atoms with Crippen LogP contribution in [0, 0.1) is 12.8 Å². The van der Waals surface area contributed by atoms with Gasteiger partial charge in [0.2, 0.25) is 0 Å². The lowest BCUT2D eigenvalue weighted by molar-refractivity contribution is 0.335. The average Bonchev–Trinajstić information content (AvgIpc) is 2.84. The van der Waals surface area contributed by atoms with Crippen LogP contribution in [-0.4, -0.2) is 21.3 Å². The number of aromatic nitrogens is 3. The van der Waals surface area contributed by atoms with Crippen molar-refractivity contribution in [2.24, 2.45) is 5.92 Å². The first-order chi connectivity index (χ1) is 9.66. The van der Waals surface area contributed by atoms with Crippen LogP contribution in [0.3, 0.4) is 0 Å². The number of nitrogens with zero attached hydrogens (tertiary/aromatic N) is 3. The molecule has 1 aromatic heterocycles. The largest absolute Gasteiger partial charge is 0.312 e. The number of nitrogens with one attached hydrogen (secondary N) is 1. The molecule has 0 spiro atoms. The SMILES string of the molecule is Cc1ccccc1Cc1nnc2n1CCNC2C(C)C. The summed E-state index contributed by atoms with van der Waals surface area (Å²) in [6, 6.07) is 8.83. The van der Waals surface area contributed by atoms with E-state index in [4.69, 9.17) is 0 Å². The second kappa shape index (κ2) is 5.37. The van der Waals surface area contributed by atoms with Gasteiger partial charge in [-0.05, 0) is 24.0 Å². The molecule has 1 unspecified atom stereocenters. The third-order valence-corrected chi connectivity index (χ3v) is 4.11. The van der Waals surface area contributed by atoms with E-state index in [2.05, 4.69) is 65.1 Å². The summed E-state index contributed by atoms with van der Waals surface area (Å²) in [4.78, 5) is 0. The zero-order valence-electron chi connectivity index (χ0n) is 12.4. The molecule has 4 nitrogen and oxygen atoms in total. The van der Waals surface area contributed by atoms with Gasteiger partial charge in [-0.15, -0.1) is 10.2 Å². The van der Waals surface area contributed by atoms with Gasteiger partial charge in [-0.2, -0.15) is 0 Å². The molecule has 0 bridgehead atoms. The monoisotopic (exact) mass is 270 g/mol. The second-order valence-electron chi connectivity index (χ2n) is 5.91. The van der Waals surface area contributed by atoms with Gasteiger partial charge in [-0.25, -0.2) is 0 Å². The molecule has 0 fully saturated rings. The highest BCUT2D eigenvalue weighted by atomic mass is 15.3. The van der Waals surface area contributed by atoms with E-state index in [1.807, 2.05) is 0 Å². The fraction of sp³-hybridized carbons (Fsp3) is 0.500. The van der Waals surface area contributed by atoms with Crippen LogP contribution in [-0.2, 0) is 13.0 Å². The van der Waals surface area contributed by atoms with Crippen molar-refractivity contribution in [1.82, 2.24) is 20.1 Å². The van der Waals surface area contributed by atoms with Crippen molar-refractivity contribution in [1.29, 1.82) is 0 Å². The number of rotatable bonds is 3. The highest BCUT2D eigenvalue weighted by Crippen LogP contribution is 2.24. The van der Waals surface area contributed by atoms with Crippen LogP contribution in [0.5, 0.6) is 0 Å². The molecule has 0 aliphatic carbocycles. The summed E-state index contributed by atoms with van der Waals surface area (Å²) in [6.07, 6.45) is 0.866. The van der Waals surface area contributed by atoms with Crippen molar-refractivity contribution in [3.05, 3.63) is 47.0 Å². The van der Waals surface area contributed by atoms with Gasteiger partial charge in [0.05, 0.1) is 6.04 Å². The minimum absolute atomic E-state index is 0.321. The van der Waals surface area contributed by atoms with Gasteiger partial charge >= 0.3 is 0 Å². The lowest BCUT2D eigenvalue weighted by atomic mass is 10.0. The van der Waals surface area contributed by atoms with Gasteiger partial charge < -0.3 is 9.88 Å². The molecule has 0 amide bonds. The Morgan fingerprint density at radius 2 is 2.10 bits per heavy atom. The highest BCUT2D eigenvalue weighted by Gasteiger charge is 2.26. The van der Waals surface area contributed by atoms with Gasteiger partial charge in [0.15, 0.2) is 5.82 Å². The van der Waals surface area contributed by atoms with Crippen molar-refractivity contribution >= 4 is 0 Å². The van der Waals surface area contributed by atoms with E-state index in [1.165, 1.54) is 11.1 Å². The molecule has 1 aliphatic rings. The molecule has 4 heteroatoms. The number of benzene rings is 1. The van der Waals surface area contributed by atoms with E-state index in [0.717, 1.165) is 31.2 Å². The first kappa shape index (κ1) is 13.3. The normalized spacial score (nSPS) is 18.3. The summed E-state index contributed by atoms with van der Waals surface area (Å²) in [5.41, 5.74) is 2.65. The van der Waals surface area contributed by atoms with E-state index in [0.29, 0.717) is 12.0 Å². The van der Waals surface area contributed by atoms with Gasteiger partial charge in [0, 0.05) is 19.5 Å². The minimum atomic E-state index is 0.321. The minimum Gasteiger partial charge on any atom is -0.312 e. The Labute approximate surface area is 120 Å². The van der Waals surface area contributed by atoms with E-state index in [9.17, 15) is 0 Å². The van der Waals surface area contributed by atoms with Crippen LogP contribution in [0.4, 0.5) is 0 Å². The molecule has 2 aromatic rings. The van der Waals surface area contributed by atoms with Crippen molar-refractivity contribution in [3.8, 4) is 0 Å². The predicted molar refractivity (Wildman–Crippen MR) is 79.6 cm³/mol. The number of hydrogen-bond donors (Lipinski definition) is 1. The molecule has 1 aromatic carbocycles. The molecule has 0 saturated carbocycles. The van der Waals surface area contributed by atoms with E-state index in [1.54, 1.807) is 0 Å².